The number of carbonyl (C=O) groups is 1. The Kier molecular flexibility index (Phi) is 7.86. The van der Waals surface area contributed by atoms with E-state index in [2.05, 4.69) is 21.2 Å². The van der Waals surface area contributed by atoms with Crippen LogP contribution in [0.3, 0.4) is 0 Å². The Hall–Kier alpha value is -0.960. The van der Waals surface area contributed by atoms with E-state index in [0.717, 1.165) is 10.9 Å². The third-order valence-corrected chi connectivity index (χ3v) is 6.69. The van der Waals surface area contributed by atoms with Gasteiger partial charge in [-0.1, -0.05) is 15.9 Å². The summed E-state index contributed by atoms with van der Waals surface area (Å²) in [5.74, 6) is -0.111. The van der Waals surface area contributed by atoms with Gasteiger partial charge in [-0.3, -0.25) is 4.79 Å². The molecule has 1 fully saturated rings. The van der Waals surface area contributed by atoms with Crippen molar-refractivity contribution in [2.45, 2.75) is 31.1 Å². The van der Waals surface area contributed by atoms with Crippen LogP contribution in [-0.2, 0) is 19.6 Å². The van der Waals surface area contributed by atoms with Crippen LogP contribution in [0.1, 0.15) is 26.2 Å². The fourth-order valence-corrected chi connectivity index (χ4v) is 4.52. The maximum absolute atomic E-state index is 12.6. The Labute approximate surface area is 158 Å². The number of hydrogen-bond donors (Lipinski definition) is 1. The van der Waals surface area contributed by atoms with Gasteiger partial charge in [-0.25, -0.2) is 8.42 Å². The molecule has 0 saturated carbocycles. The van der Waals surface area contributed by atoms with Crippen molar-refractivity contribution < 1.29 is 17.9 Å². The molecule has 6 nitrogen and oxygen atoms in total. The fraction of sp³-hybridized carbons (Fsp3) is 0.588. The molecule has 1 N–H and O–H groups in total. The Morgan fingerprint density at radius 2 is 1.92 bits per heavy atom. The summed E-state index contributed by atoms with van der Waals surface area (Å²) in [5.41, 5.74) is 0. The summed E-state index contributed by atoms with van der Waals surface area (Å²) < 4.78 is 32.8. The van der Waals surface area contributed by atoms with Crippen LogP contribution in [0.5, 0.6) is 0 Å². The molecule has 1 aliphatic rings. The monoisotopic (exact) mass is 432 g/mol. The van der Waals surface area contributed by atoms with E-state index in [9.17, 15) is 13.2 Å². The minimum Gasteiger partial charge on any atom is -0.382 e. The van der Waals surface area contributed by atoms with Gasteiger partial charge in [0.15, 0.2) is 0 Å². The van der Waals surface area contributed by atoms with Crippen LogP contribution in [0.25, 0.3) is 0 Å². The summed E-state index contributed by atoms with van der Waals surface area (Å²) in [6, 6.07) is 6.62. The maximum Gasteiger partial charge on any atom is 0.243 e. The molecule has 0 bridgehead atoms. The standard InChI is InChI=1S/C17H25BrN2O4S/c1-2-24-13-3-10-19-17(21)14-8-11-20(12-9-14)25(22,23)16-6-4-15(18)5-7-16/h4-7,14H,2-3,8-13H2,1H3,(H,19,21). The third kappa shape index (κ3) is 5.77. The van der Waals surface area contributed by atoms with Gasteiger partial charge in [0.05, 0.1) is 4.90 Å². The van der Waals surface area contributed by atoms with Crippen molar-refractivity contribution in [1.82, 2.24) is 9.62 Å². The molecule has 2 rings (SSSR count). The second-order valence-corrected chi connectivity index (χ2v) is 8.83. The minimum atomic E-state index is -3.49. The topological polar surface area (TPSA) is 75.7 Å². The highest BCUT2D eigenvalue weighted by atomic mass is 79.9. The summed E-state index contributed by atoms with van der Waals surface area (Å²) in [4.78, 5) is 12.5. The second-order valence-electron chi connectivity index (χ2n) is 5.97. The van der Waals surface area contributed by atoms with Crippen LogP contribution in [0.15, 0.2) is 33.6 Å². The number of nitrogens with one attached hydrogen (secondary N) is 1. The van der Waals surface area contributed by atoms with Crippen molar-refractivity contribution in [2.75, 3.05) is 32.8 Å². The van der Waals surface area contributed by atoms with Crippen LogP contribution in [-0.4, -0.2) is 51.5 Å². The van der Waals surface area contributed by atoms with Crippen LogP contribution in [0, 0.1) is 5.92 Å². The van der Waals surface area contributed by atoms with Gasteiger partial charge in [-0.2, -0.15) is 4.31 Å². The van der Waals surface area contributed by atoms with E-state index < -0.39 is 10.0 Å². The van der Waals surface area contributed by atoms with E-state index in [1.807, 2.05) is 6.92 Å². The lowest BCUT2D eigenvalue weighted by Gasteiger charge is -2.30. The van der Waals surface area contributed by atoms with Crippen molar-refractivity contribution in [2.24, 2.45) is 5.92 Å². The quantitative estimate of drug-likeness (QED) is 0.639. The highest BCUT2D eigenvalue weighted by Crippen LogP contribution is 2.24. The zero-order valence-electron chi connectivity index (χ0n) is 14.4. The first kappa shape index (κ1) is 20.4. The van der Waals surface area contributed by atoms with E-state index in [1.54, 1.807) is 24.3 Å². The molecule has 0 aliphatic carbocycles. The summed E-state index contributed by atoms with van der Waals surface area (Å²) in [6.07, 6.45) is 1.89. The van der Waals surface area contributed by atoms with E-state index in [0.29, 0.717) is 45.7 Å². The number of halogens is 1. The zero-order valence-corrected chi connectivity index (χ0v) is 16.8. The molecular weight excluding hydrogens is 408 g/mol. The predicted molar refractivity (Wildman–Crippen MR) is 99.7 cm³/mol. The van der Waals surface area contributed by atoms with Crippen molar-refractivity contribution in [3.05, 3.63) is 28.7 Å². The van der Waals surface area contributed by atoms with E-state index >= 15 is 0 Å². The molecule has 8 heteroatoms. The molecule has 1 heterocycles. The first-order valence-electron chi connectivity index (χ1n) is 8.56. The SMILES string of the molecule is CCOCCCNC(=O)C1CCN(S(=O)(=O)c2ccc(Br)cc2)CC1. The van der Waals surface area contributed by atoms with Crippen LogP contribution in [0.4, 0.5) is 0 Å². The number of piperidine rings is 1. The Bertz CT molecular complexity index is 656. The van der Waals surface area contributed by atoms with Gasteiger partial charge < -0.3 is 10.1 Å². The Morgan fingerprint density at radius 3 is 2.52 bits per heavy atom. The Morgan fingerprint density at radius 1 is 1.28 bits per heavy atom. The Balaban J connectivity index is 1.82. The van der Waals surface area contributed by atoms with Crippen molar-refractivity contribution in [3.8, 4) is 0 Å². The molecule has 1 saturated heterocycles. The number of sulfonamides is 1. The number of carbonyl (C=O) groups excluding carboxylic acids is 1. The predicted octanol–water partition coefficient (Wildman–Crippen LogP) is 2.39. The van der Waals surface area contributed by atoms with E-state index in [4.69, 9.17) is 4.74 Å². The van der Waals surface area contributed by atoms with Crippen LogP contribution in [0.2, 0.25) is 0 Å². The summed E-state index contributed by atoms with van der Waals surface area (Å²) in [5, 5.41) is 2.91. The van der Waals surface area contributed by atoms with Gasteiger partial charge in [0, 0.05) is 43.2 Å². The van der Waals surface area contributed by atoms with Crippen LogP contribution >= 0.6 is 15.9 Å². The smallest absolute Gasteiger partial charge is 0.243 e. The minimum absolute atomic E-state index is 0.0113. The number of benzene rings is 1. The normalized spacial score (nSPS) is 16.7. The molecule has 1 aliphatic heterocycles. The van der Waals surface area contributed by atoms with Crippen molar-refractivity contribution in [1.29, 1.82) is 0 Å². The summed E-state index contributed by atoms with van der Waals surface area (Å²) in [7, 11) is -3.49. The lowest BCUT2D eigenvalue weighted by molar-refractivity contribution is -0.126. The molecule has 0 atom stereocenters. The average molecular weight is 433 g/mol. The first-order chi connectivity index (χ1) is 11.9. The average Bonchev–Trinajstić information content (AvgIpc) is 2.62. The third-order valence-electron chi connectivity index (χ3n) is 4.24. The molecule has 0 spiro atoms. The van der Waals surface area contributed by atoms with Gasteiger partial charge in [-0.05, 0) is 50.5 Å². The highest BCUT2D eigenvalue weighted by molar-refractivity contribution is 9.10. The number of nitrogens with zero attached hydrogens (tertiary/aromatic N) is 1. The van der Waals surface area contributed by atoms with Gasteiger partial charge in [0.1, 0.15) is 0 Å². The lowest BCUT2D eigenvalue weighted by atomic mass is 9.97. The molecule has 1 aromatic carbocycles. The molecular formula is C17H25BrN2O4S. The second kappa shape index (κ2) is 9.66. The number of ether oxygens (including phenoxy) is 1. The molecule has 1 aromatic rings. The number of hydrogen-bond acceptors (Lipinski definition) is 4. The summed E-state index contributed by atoms with van der Waals surface area (Å²) >= 11 is 3.31. The van der Waals surface area contributed by atoms with Crippen molar-refractivity contribution >= 4 is 31.9 Å². The lowest BCUT2D eigenvalue weighted by Crippen LogP contribution is -2.43. The molecule has 0 aromatic heterocycles. The summed E-state index contributed by atoms with van der Waals surface area (Å²) in [6.45, 7) is 4.59. The van der Waals surface area contributed by atoms with Gasteiger partial charge in [0.2, 0.25) is 15.9 Å². The molecule has 25 heavy (non-hydrogen) atoms. The number of rotatable bonds is 8. The maximum atomic E-state index is 12.6. The largest absolute Gasteiger partial charge is 0.382 e. The molecule has 0 unspecified atom stereocenters. The highest BCUT2D eigenvalue weighted by Gasteiger charge is 2.31. The van der Waals surface area contributed by atoms with E-state index in [-0.39, 0.29) is 16.7 Å². The number of amides is 1. The first-order valence-corrected chi connectivity index (χ1v) is 10.8. The van der Waals surface area contributed by atoms with Crippen LogP contribution < -0.4 is 5.32 Å². The van der Waals surface area contributed by atoms with Crippen molar-refractivity contribution in [3.63, 3.8) is 0 Å². The van der Waals surface area contributed by atoms with Gasteiger partial charge >= 0.3 is 0 Å². The molecule has 0 radical (unpaired) electrons. The molecule has 1 amide bonds. The molecule has 140 valence electrons. The fourth-order valence-electron chi connectivity index (χ4n) is 2.79. The zero-order chi connectivity index (χ0) is 18.3. The van der Waals surface area contributed by atoms with Gasteiger partial charge in [0.25, 0.3) is 0 Å². The van der Waals surface area contributed by atoms with E-state index in [1.165, 1.54) is 4.31 Å². The van der Waals surface area contributed by atoms with Gasteiger partial charge in [-0.15, -0.1) is 0 Å².